The smallest absolute Gasteiger partial charge is 0.125 e. The average molecular weight is 278 g/mol. The summed E-state index contributed by atoms with van der Waals surface area (Å²) in [5, 5.41) is 10.5. The predicted octanol–water partition coefficient (Wildman–Crippen LogP) is 4.89. The molecule has 0 saturated heterocycles. The lowest BCUT2D eigenvalue weighted by Crippen LogP contribution is -2.14. The molecule has 2 heteroatoms. The number of ether oxygens (including phenoxy) is 1. The van der Waals surface area contributed by atoms with Gasteiger partial charge in [0.2, 0.25) is 0 Å². The average Bonchev–Trinajstić information content (AvgIpc) is 2.29. The normalized spacial score (nSPS) is 14.9. The van der Waals surface area contributed by atoms with Gasteiger partial charge < -0.3 is 9.84 Å². The minimum Gasteiger partial charge on any atom is -0.493 e. The first kappa shape index (κ1) is 17.0. The van der Waals surface area contributed by atoms with E-state index in [2.05, 4.69) is 27.7 Å². The second kappa shape index (κ2) is 7.12. The molecule has 0 heterocycles. The van der Waals surface area contributed by atoms with Crippen LogP contribution in [0.1, 0.15) is 64.7 Å². The van der Waals surface area contributed by atoms with Crippen LogP contribution in [-0.2, 0) is 0 Å². The van der Waals surface area contributed by atoms with Crippen LogP contribution >= 0.6 is 0 Å². The summed E-state index contributed by atoms with van der Waals surface area (Å²) in [6.07, 6.45) is 1.44. The molecule has 0 spiro atoms. The van der Waals surface area contributed by atoms with Crippen LogP contribution in [0, 0.1) is 18.3 Å². The van der Waals surface area contributed by atoms with Crippen LogP contribution in [0.5, 0.6) is 5.75 Å². The Morgan fingerprint density at radius 1 is 1.25 bits per heavy atom. The van der Waals surface area contributed by atoms with Crippen molar-refractivity contribution in [3.8, 4) is 5.75 Å². The Bertz CT molecular complexity index is 418. The SMILES string of the molecule is CCOc1ccc(C)cc1C(O)CC(C)CC(C)(C)C. The fraction of sp³-hybridized carbons (Fsp3) is 0.667. The van der Waals surface area contributed by atoms with Gasteiger partial charge in [-0.3, -0.25) is 0 Å². The molecule has 1 aromatic carbocycles. The van der Waals surface area contributed by atoms with Crippen LogP contribution in [0.15, 0.2) is 18.2 Å². The second-order valence-corrected chi connectivity index (χ2v) is 7.10. The first-order chi connectivity index (χ1) is 9.23. The number of hydrogen-bond donors (Lipinski definition) is 1. The molecule has 2 nitrogen and oxygen atoms in total. The molecule has 114 valence electrons. The summed E-state index contributed by atoms with van der Waals surface area (Å²) < 4.78 is 5.64. The molecule has 1 N–H and O–H groups in total. The van der Waals surface area contributed by atoms with Gasteiger partial charge in [-0.25, -0.2) is 0 Å². The van der Waals surface area contributed by atoms with Gasteiger partial charge in [-0.05, 0) is 50.2 Å². The van der Waals surface area contributed by atoms with E-state index in [9.17, 15) is 5.11 Å². The molecule has 1 rings (SSSR count). The van der Waals surface area contributed by atoms with E-state index < -0.39 is 6.10 Å². The van der Waals surface area contributed by atoms with Crippen molar-refractivity contribution >= 4 is 0 Å². The first-order valence-electron chi connectivity index (χ1n) is 7.64. The highest BCUT2D eigenvalue weighted by molar-refractivity contribution is 5.38. The zero-order chi connectivity index (χ0) is 15.3. The molecule has 0 radical (unpaired) electrons. The lowest BCUT2D eigenvalue weighted by atomic mass is 9.82. The van der Waals surface area contributed by atoms with E-state index >= 15 is 0 Å². The molecule has 0 aliphatic heterocycles. The van der Waals surface area contributed by atoms with Crippen molar-refractivity contribution < 1.29 is 9.84 Å². The van der Waals surface area contributed by atoms with Crippen molar-refractivity contribution in [2.75, 3.05) is 6.61 Å². The molecule has 0 aliphatic carbocycles. The van der Waals surface area contributed by atoms with Gasteiger partial charge in [0.1, 0.15) is 5.75 Å². The van der Waals surface area contributed by atoms with Crippen LogP contribution in [0.25, 0.3) is 0 Å². The van der Waals surface area contributed by atoms with E-state index in [0.29, 0.717) is 17.9 Å². The van der Waals surface area contributed by atoms with E-state index in [1.54, 1.807) is 0 Å². The molecule has 0 aromatic heterocycles. The van der Waals surface area contributed by atoms with Crippen molar-refractivity contribution in [3.63, 3.8) is 0 Å². The van der Waals surface area contributed by atoms with E-state index in [0.717, 1.165) is 29.7 Å². The summed E-state index contributed by atoms with van der Waals surface area (Å²) in [5.74, 6) is 1.30. The predicted molar refractivity (Wildman–Crippen MR) is 85.2 cm³/mol. The lowest BCUT2D eigenvalue weighted by Gasteiger charge is -2.25. The Morgan fingerprint density at radius 3 is 2.45 bits per heavy atom. The number of hydrogen-bond acceptors (Lipinski definition) is 2. The molecule has 0 bridgehead atoms. The number of aliphatic hydroxyl groups excluding tert-OH is 1. The molecule has 0 aliphatic rings. The Balaban J connectivity index is 2.80. The Hall–Kier alpha value is -1.02. The summed E-state index contributed by atoms with van der Waals surface area (Å²) in [4.78, 5) is 0. The lowest BCUT2D eigenvalue weighted by molar-refractivity contribution is 0.130. The van der Waals surface area contributed by atoms with Crippen molar-refractivity contribution in [2.45, 2.75) is 60.5 Å². The largest absolute Gasteiger partial charge is 0.493 e. The minimum atomic E-state index is -0.450. The Kier molecular flexibility index (Phi) is 6.07. The fourth-order valence-corrected chi connectivity index (χ4v) is 2.85. The molecule has 0 fully saturated rings. The maximum absolute atomic E-state index is 10.5. The number of rotatable bonds is 6. The van der Waals surface area contributed by atoms with E-state index in [1.807, 2.05) is 32.0 Å². The highest BCUT2D eigenvalue weighted by Gasteiger charge is 2.21. The Morgan fingerprint density at radius 2 is 1.90 bits per heavy atom. The molecule has 2 atom stereocenters. The second-order valence-electron chi connectivity index (χ2n) is 7.10. The number of aryl methyl sites for hydroxylation is 1. The van der Waals surface area contributed by atoms with Gasteiger partial charge in [0.25, 0.3) is 0 Å². The van der Waals surface area contributed by atoms with Gasteiger partial charge in [-0.15, -0.1) is 0 Å². The van der Waals surface area contributed by atoms with Gasteiger partial charge >= 0.3 is 0 Å². The quantitative estimate of drug-likeness (QED) is 0.802. The zero-order valence-electron chi connectivity index (χ0n) is 13.9. The highest BCUT2D eigenvalue weighted by atomic mass is 16.5. The van der Waals surface area contributed by atoms with Crippen molar-refractivity contribution in [1.29, 1.82) is 0 Å². The molecule has 0 saturated carbocycles. The maximum Gasteiger partial charge on any atom is 0.125 e. The first-order valence-corrected chi connectivity index (χ1v) is 7.64. The highest BCUT2D eigenvalue weighted by Crippen LogP contribution is 2.34. The maximum atomic E-state index is 10.5. The number of benzene rings is 1. The number of aliphatic hydroxyl groups is 1. The molecular weight excluding hydrogens is 248 g/mol. The summed E-state index contributed by atoms with van der Waals surface area (Å²) in [7, 11) is 0. The molecule has 1 aromatic rings. The topological polar surface area (TPSA) is 29.5 Å². The van der Waals surface area contributed by atoms with Crippen LogP contribution in [0.4, 0.5) is 0 Å². The van der Waals surface area contributed by atoms with Crippen LogP contribution < -0.4 is 4.74 Å². The van der Waals surface area contributed by atoms with E-state index in [1.165, 1.54) is 0 Å². The van der Waals surface area contributed by atoms with Gasteiger partial charge in [0.05, 0.1) is 12.7 Å². The molecule has 2 unspecified atom stereocenters. The fourth-order valence-electron chi connectivity index (χ4n) is 2.85. The van der Waals surface area contributed by atoms with E-state index in [-0.39, 0.29) is 0 Å². The van der Waals surface area contributed by atoms with Crippen molar-refractivity contribution in [3.05, 3.63) is 29.3 Å². The Labute approximate surface area is 124 Å². The van der Waals surface area contributed by atoms with Gasteiger partial charge in [0, 0.05) is 5.56 Å². The van der Waals surface area contributed by atoms with Crippen LogP contribution in [0.3, 0.4) is 0 Å². The summed E-state index contributed by atoms with van der Waals surface area (Å²) in [5.41, 5.74) is 2.38. The van der Waals surface area contributed by atoms with Crippen LogP contribution in [-0.4, -0.2) is 11.7 Å². The third-order valence-electron chi connectivity index (χ3n) is 3.41. The molecule has 20 heavy (non-hydrogen) atoms. The van der Waals surface area contributed by atoms with Crippen LogP contribution in [0.2, 0.25) is 0 Å². The third-order valence-corrected chi connectivity index (χ3v) is 3.41. The standard InChI is InChI=1S/C18H30O2/c1-7-20-17-9-8-13(2)10-15(17)16(19)11-14(3)12-18(4,5)6/h8-10,14,16,19H,7,11-12H2,1-6H3. The third kappa shape index (κ3) is 5.54. The molecule has 0 amide bonds. The zero-order valence-corrected chi connectivity index (χ0v) is 13.9. The van der Waals surface area contributed by atoms with Crippen molar-refractivity contribution in [2.24, 2.45) is 11.3 Å². The van der Waals surface area contributed by atoms with E-state index in [4.69, 9.17) is 4.74 Å². The molecular formula is C18H30O2. The summed E-state index contributed by atoms with van der Waals surface area (Å²) >= 11 is 0. The summed E-state index contributed by atoms with van der Waals surface area (Å²) in [6.45, 7) is 13.6. The van der Waals surface area contributed by atoms with Gasteiger partial charge in [-0.1, -0.05) is 39.3 Å². The minimum absolute atomic E-state index is 0.300. The van der Waals surface area contributed by atoms with Crippen molar-refractivity contribution in [1.82, 2.24) is 0 Å². The monoisotopic (exact) mass is 278 g/mol. The van der Waals surface area contributed by atoms with Gasteiger partial charge in [-0.2, -0.15) is 0 Å². The van der Waals surface area contributed by atoms with Gasteiger partial charge in [0.15, 0.2) is 0 Å². The summed E-state index contributed by atoms with van der Waals surface area (Å²) in [6, 6.07) is 6.03.